The molecule has 158 valence electrons. The molecule has 0 aromatic heterocycles. The van der Waals surface area contributed by atoms with E-state index in [1.807, 2.05) is 51.1 Å². The van der Waals surface area contributed by atoms with E-state index >= 15 is 0 Å². The van der Waals surface area contributed by atoms with Gasteiger partial charge < -0.3 is 10.6 Å². The zero-order valence-corrected chi connectivity index (χ0v) is 17.5. The molecule has 1 aliphatic heterocycles. The van der Waals surface area contributed by atoms with Crippen molar-refractivity contribution < 1.29 is 13.2 Å². The number of allylic oxidation sites excluding steroid dienone is 4. The monoisotopic (exact) mass is 405 g/mol. The van der Waals surface area contributed by atoms with Crippen molar-refractivity contribution in [1.82, 2.24) is 5.32 Å². The summed E-state index contributed by atoms with van der Waals surface area (Å²) < 4.78 is 39.5. The second-order valence-electron chi connectivity index (χ2n) is 7.57. The molecule has 1 saturated heterocycles. The predicted molar refractivity (Wildman–Crippen MR) is 115 cm³/mol. The van der Waals surface area contributed by atoms with E-state index in [4.69, 9.17) is 0 Å². The summed E-state index contributed by atoms with van der Waals surface area (Å²) in [6.07, 6.45) is 0.438. The normalized spacial score (nSPS) is 20.0. The largest absolute Gasteiger partial charge is 0.432 e. The van der Waals surface area contributed by atoms with Gasteiger partial charge in [0.05, 0.1) is 6.04 Å². The molecule has 1 unspecified atom stereocenters. The van der Waals surface area contributed by atoms with Gasteiger partial charge in [-0.25, -0.2) is 0 Å². The molecule has 3 nitrogen and oxygen atoms in total. The average molecular weight is 406 g/mol. The first kappa shape index (κ1) is 22.8. The molecule has 1 aromatic carbocycles. The fourth-order valence-corrected chi connectivity index (χ4v) is 3.36. The zero-order valence-electron chi connectivity index (χ0n) is 17.5. The van der Waals surface area contributed by atoms with E-state index in [9.17, 15) is 13.2 Å². The summed E-state index contributed by atoms with van der Waals surface area (Å²) in [5, 5.41) is 6.94. The van der Waals surface area contributed by atoms with Gasteiger partial charge in [-0.05, 0) is 60.6 Å². The summed E-state index contributed by atoms with van der Waals surface area (Å²) in [6.45, 7) is 10.7. The number of hydrogen-bond donors (Lipinski definition) is 2. The van der Waals surface area contributed by atoms with Gasteiger partial charge in [-0.2, -0.15) is 13.2 Å². The van der Waals surface area contributed by atoms with Gasteiger partial charge in [0.1, 0.15) is 5.71 Å². The number of para-hydroxylation sites is 1. The van der Waals surface area contributed by atoms with Crippen molar-refractivity contribution in [3.05, 3.63) is 65.4 Å². The van der Waals surface area contributed by atoms with E-state index in [1.54, 1.807) is 0 Å². The third-order valence-electron chi connectivity index (χ3n) is 5.00. The van der Waals surface area contributed by atoms with Crippen LogP contribution in [0.5, 0.6) is 0 Å². The zero-order chi connectivity index (χ0) is 21.6. The highest BCUT2D eigenvalue weighted by molar-refractivity contribution is 6.00. The minimum atomic E-state index is -4.49. The Bertz CT molecular complexity index is 817. The van der Waals surface area contributed by atoms with Crippen molar-refractivity contribution in [2.45, 2.75) is 45.8 Å². The highest BCUT2D eigenvalue weighted by Gasteiger charge is 2.34. The molecule has 1 heterocycles. The second-order valence-corrected chi connectivity index (χ2v) is 7.57. The van der Waals surface area contributed by atoms with Crippen molar-refractivity contribution in [2.75, 3.05) is 18.9 Å². The van der Waals surface area contributed by atoms with Gasteiger partial charge in [-0.15, -0.1) is 0 Å². The Labute approximate surface area is 171 Å². The summed E-state index contributed by atoms with van der Waals surface area (Å²) in [7, 11) is 1.16. The van der Waals surface area contributed by atoms with E-state index in [-0.39, 0.29) is 12.0 Å². The quantitative estimate of drug-likeness (QED) is 0.463. The van der Waals surface area contributed by atoms with Crippen LogP contribution in [0.25, 0.3) is 0 Å². The standard InChI is InChI=1S/C23H30F3N3/c1-15(2)18(14-22(27-5)23(24,25)26)17(4)13-21-20(11-8-12-28-21)29-19-10-7-6-9-16(19)3/h6-7,9-10,13-15,20,28-29H,4,8,11-12H2,1-3,5H3/b18-14+,21-13-,27-22?. The molecule has 1 atom stereocenters. The minimum absolute atomic E-state index is 0.0527. The molecular formula is C23H30F3N3. The van der Waals surface area contributed by atoms with Crippen LogP contribution in [0.4, 0.5) is 18.9 Å². The van der Waals surface area contributed by atoms with Crippen LogP contribution < -0.4 is 10.6 Å². The molecule has 0 bridgehead atoms. The number of nitrogens with one attached hydrogen (secondary N) is 2. The SMILES string of the molecule is C=C(/C=C1\NCCCC1Nc1ccccc1C)/C(=C/C(=NC)C(F)(F)F)C(C)C. The van der Waals surface area contributed by atoms with E-state index in [0.29, 0.717) is 11.1 Å². The summed E-state index contributed by atoms with van der Waals surface area (Å²) in [5.74, 6) is -0.121. The molecule has 29 heavy (non-hydrogen) atoms. The van der Waals surface area contributed by atoms with Crippen molar-refractivity contribution in [3.63, 3.8) is 0 Å². The lowest BCUT2D eigenvalue weighted by Gasteiger charge is -2.30. The number of halogens is 3. The van der Waals surface area contributed by atoms with Gasteiger partial charge in [-0.1, -0.05) is 38.6 Å². The lowest BCUT2D eigenvalue weighted by molar-refractivity contribution is -0.0578. The second kappa shape index (κ2) is 9.81. The first-order chi connectivity index (χ1) is 13.6. The number of piperidine rings is 1. The lowest BCUT2D eigenvalue weighted by atomic mass is 9.92. The van der Waals surface area contributed by atoms with Gasteiger partial charge in [-0.3, -0.25) is 4.99 Å². The van der Waals surface area contributed by atoms with Crippen molar-refractivity contribution >= 4 is 11.4 Å². The van der Waals surface area contributed by atoms with Crippen molar-refractivity contribution in [3.8, 4) is 0 Å². The van der Waals surface area contributed by atoms with Gasteiger partial charge in [0.2, 0.25) is 0 Å². The number of nitrogens with zero attached hydrogens (tertiary/aromatic N) is 1. The summed E-state index contributed by atoms with van der Waals surface area (Å²) in [6, 6.07) is 8.10. The highest BCUT2D eigenvalue weighted by Crippen LogP contribution is 2.27. The van der Waals surface area contributed by atoms with E-state index in [1.165, 1.54) is 0 Å². The van der Waals surface area contributed by atoms with E-state index in [0.717, 1.165) is 49.5 Å². The maximum Gasteiger partial charge on any atom is 0.432 e. The Morgan fingerprint density at radius 2 is 2.00 bits per heavy atom. The molecule has 0 amide bonds. The van der Waals surface area contributed by atoms with Gasteiger partial charge in [0, 0.05) is 25.0 Å². The molecule has 2 N–H and O–H groups in total. The van der Waals surface area contributed by atoms with E-state index < -0.39 is 11.9 Å². The van der Waals surface area contributed by atoms with Crippen molar-refractivity contribution in [1.29, 1.82) is 0 Å². The van der Waals surface area contributed by atoms with Crippen LogP contribution in [0.3, 0.4) is 0 Å². The molecule has 1 aliphatic rings. The molecule has 0 saturated carbocycles. The fourth-order valence-electron chi connectivity index (χ4n) is 3.36. The molecule has 0 radical (unpaired) electrons. The van der Waals surface area contributed by atoms with Crippen LogP contribution in [0, 0.1) is 12.8 Å². The molecule has 6 heteroatoms. The third kappa shape index (κ3) is 6.24. The van der Waals surface area contributed by atoms with E-state index in [2.05, 4.69) is 22.2 Å². The number of benzene rings is 1. The predicted octanol–water partition coefficient (Wildman–Crippen LogP) is 5.81. The van der Waals surface area contributed by atoms with Crippen molar-refractivity contribution in [2.24, 2.45) is 10.9 Å². The Hall–Kier alpha value is -2.50. The number of alkyl halides is 3. The number of hydrogen-bond acceptors (Lipinski definition) is 3. The maximum absolute atomic E-state index is 13.2. The van der Waals surface area contributed by atoms with Crippen LogP contribution in [0.2, 0.25) is 0 Å². The van der Waals surface area contributed by atoms with Crippen LogP contribution in [-0.2, 0) is 0 Å². The Morgan fingerprint density at radius 1 is 1.31 bits per heavy atom. The van der Waals surface area contributed by atoms with Crippen LogP contribution in [-0.4, -0.2) is 31.5 Å². The summed E-state index contributed by atoms with van der Waals surface area (Å²) in [4.78, 5) is 3.42. The number of anilines is 1. The van der Waals surface area contributed by atoms with Crippen LogP contribution >= 0.6 is 0 Å². The Kier molecular flexibility index (Phi) is 7.71. The Balaban J connectivity index is 2.32. The number of rotatable bonds is 6. The van der Waals surface area contributed by atoms with Gasteiger partial charge in [0.25, 0.3) is 0 Å². The smallest absolute Gasteiger partial charge is 0.387 e. The Morgan fingerprint density at radius 3 is 2.59 bits per heavy atom. The first-order valence-electron chi connectivity index (χ1n) is 9.86. The third-order valence-corrected chi connectivity index (χ3v) is 5.00. The molecule has 0 aliphatic carbocycles. The lowest BCUT2D eigenvalue weighted by Crippen LogP contribution is -2.36. The maximum atomic E-state index is 13.2. The molecule has 1 fully saturated rings. The summed E-state index contributed by atoms with van der Waals surface area (Å²) in [5.41, 5.74) is 3.33. The molecule has 2 rings (SSSR count). The van der Waals surface area contributed by atoms with Crippen LogP contribution in [0.1, 0.15) is 32.3 Å². The molecule has 1 aromatic rings. The molecular weight excluding hydrogens is 375 g/mol. The van der Waals surface area contributed by atoms with Gasteiger partial charge in [0.15, 0.2) is 0 Å². The number of aryl methyl sites for hydroxylation is 1. The number of aliphatic imine (C=N–C) groups is 1. The fraction of sp³-hybridized carbons (Fsp3) is 0.435. The van der Waals surface area contributed by atoms with Crippen LogP contribution in [0.15, 0.2) is 64.8 Å². The topological polar surface area (TPSA) is 36.4 Å². The summed E-state index contributed by atoms with van der Waals surface area (Å²) >= 11 is 0. The van der Waals surface area contributed by atoms with Gasteiger partial charge >= 0.3 is 6.18 Å². The highest BCUT2D eigenvalue weighted by atomic mass is 19.4. The average Bonchev–Trinajstić information content (AvgIpc) is 2.64. The minimum Gasteiger partial charge on any atom is -0.387 e. The molecule has 0 spiro atoms. The first-order valence-corrected chi connectivity index (χ1v) is 9.86.